The van der Waals surface area contributed by atoms with Gasteiger partial charge in [0.2, 0.25) is 23.6 Å². The van der Waals surface area contributed by atoms with Crippen LogP contribution in [0.25, 0.3) is 11.1 Å². The van der Waals surface area contributed by atoms with Crippen molar-refractivity contribution in [3.8, 4) is 11.1 Å². The molecule has 16 nitrogen and oxygen atoms in total. The van der Waals surface area contributed by atoms with Gasteiger partial charge in [0.25, 0.3) is 0 Å². The molecule has 0 heterocycles. The molecule has 1 unspecified atom stereocenters. The van der Waals surface area contributed by atoms with E-state index in [0.29, 0.717) is 5.56 Å². The van der Waals surface area contributed by atoms with Crippen molar-refractivity contribution in [2.24, 2.45) is 17.6 Å². The van der Waals surface area contributed by atoms with Crippen LogP contribution < -0.4 is 21.7 Å². The fourth-order valence-corrected chi connectivity index (χ4v) is 6.10. The Morgan fingerprint density at radius 1 is 0.712 bits per heavy atom. The number of aryl methyl sites for hydroxylation is 1. The number of amides is 4. The van der Waals surface area contributed by atoms with E-state index in [1.54, 1.807) is 12.1 Å². The standard InChI is InChI=1S/C42H59BN4O12/c1-6-7-8-28-9-11-29(12-10-28)30-13-15-31(16-14-30)35(51)21-32(23-48)42(57)45-26(4)34(50)17-18-39(55)47-40(27(5)49)37(53)19-24(2)41(56)46-33(22-38(44)54)36(52)20-25(3)43(58)59/h9-16,24-27,32-33,40,48-49,58-59H,6-8,17-23H2,1-5H3,(H2,44,54)(H,45,57)(H,46,56)(H,47,55)/t24-,25-,26-,27?,32-,33+,40+/m1/s1. The molecule has 0 aliphatic heterocycles. The van der Waals surface area contributed by atoms with Crippen LogP contribution in [0.4, 0.5) is 0 Å². The van der Waals surface area contributed by atoms with Crippen LogP contribution in [-0.4, -0.2) is 105 Å². The fraction of sp³-hybridized carbons (Fsp3) is 0.524. The number of nitrogens with one attached hydrogen (secondary N) is 3. The van der Waals surface area contributed by atoms with Crippen LogP contribution in [0.15, 0.2) is 48.5 Å². The van der Waals surface area contributed by atoms with Gasteiger partial charge in [0.1, 0.15) is 6.04 Å². The molecule has 2 aromatic carbocycles. The molecule has 0 saturated carbocycles. The summed E-state index contributed by atoms with van der Waals surface area (Å²) in [4.78, 5) is 102. The van der Waals surface area contributed by atoms with E-state index in [0.717, 1.165) is 30.4 Å². The van der Waals surface area contributed by atoms with Crippen LogP contribution in [-0.2, 0) is 40.0 Å². The van der Waals surface area contributed by atoms with Gasteiger partial charge in [-0.3, -0.25) is 38.4 Å². The molecule has 2 rings (SSSR count). The van der Waals surface area contributed by atoms with Crippen LogP contribution in [0.2, 0.25) is 5.82 Å². The number of rotatable bonds is 27. The molecule has 17 heteroatoms. The number of carbonyl (C=O) groups excluding carboxylic acids is 8. The minimum atomic E-state index is -1.82. The first-order valence-corrected chi connectivity index (χ1v) is 19.9. The zero-order chi connectivity index (χ0) is 44.4. The molecule has 0 saturated heterocycles. The van der Waals surface area contributed by atoms with E-state index in [9.17, 15) is 58.6 Å². The molecule has 0 aliphatic carbocycles. The maximum absolute atomic E-state index is 13.1. The molecule has 0 bridgehead atoms. The lowest BCUT2D eigenvalue weighted by molar-refractivity contribution is -0.135. The third-order valence-electron chi connectivity index (χ3n) is 10.0. The molecule has 4 amide bonds. The van der Waals surface area contributed by atoms with Crippen LogP contribution in [0.3, 0.4) is 0 Å². The Morgan fingerprint density at radius 2 is 1.31 bits per heavy atom. The van der Waals surface area contributed by atoms with Gasteiger partial charge in [-0.1, -0.05) is 75.7 Å². The first kappa shape index (κ1) is 50.0. The molecule has 0 aromatic heterocycles. The topological polar surface area (TPSA) is 280 Å². The van der Waals surface area contributed by atoms with E-state index in [4.69, 9.17) is 5.73 Å². The van der Waals surface area contributed by atoms with Gasteiger partial charge in [-0.05, 0) is 49.2 Å². The molecule has 2 aromatic rings. The van der Waals surface area contributed by atoms with Crippen molar-refractivity contribution in [1.29, 1.82) is 0 Å². The Hall–Kier alpha value is -5.10. The smallest absolute Gasteiger partial charge is 0.427 e. The Kier molecular flexibility index (Phi) is 21.0. The summed E-state index contributed by atoms with van der Waals surface area (Å²) in [6.45, 7) is 6.83. The van der Waals surface area contributed by atoms with E-state index in [2.05, 4.69) is 35.0 Å². The highest BCUT2D eigenvalue weighted by atomic mass is 16.4. The Balaban J connectivity index is 1.90. The van der Waals surface area contributed by atoms with E-state index >= 15 is 0 Å². The number of aliphatic hydroxyl groups is 2. The lowest BCUT2D eigenvalue weighted by atomic mass is 9.71. The summed E-state index contributed by atoms with van der Waals surface area (Å²) in [7, 11) is -1.82. The van der Waals surface area contributed by atoms with E-state index < -0.39 is 116 Å². The summed E-state index contributed by atoms with van der Waals surface area (Å²) < 4.78 is 0. The normalized spacial score (nSPS) is 14.7. The van der Waals surface area contributed by atoms with Crippen molar-refractivity contribution in [2.75, 3.05) is 6.61 Å². The second kappa shape index (κ2) is 24.7. The number of aliphatic hydroxyl groups excluding tert-OH is 2. The first-order chi connectivity index (χ1) is 27.8. The Labute approximate surface area is 345 Å². The number of hydrogen-bond acceptors (Lipinski definition) is 12. The molecule has 322 valence electrons. The summed E-state index contributed by atoms with van der Waals surface area (Å²) in [5.41, 5.74) is 8.73. The minimum Gasteiger partial charge on any atom is -0.427 e. The number of unbranched alkanes of at least 4 members (excludes halogenated alkanes) is 1. The van der Waals surface area contributed by atoms with Crippen molar-refractivity contribution in [3.63, 3.8) is 0 Å². The van der Waals surface area contributed by atoms with Crippen LogP contribution in [0.5, 0.6) is 0 Å². The number of primary amides is 1. The van der Waals surface area contributed by atoms with E-state index in [-0.39, 0.29) is 25.0 Å². The van der Waals surface area contributed by atoms with Gasteiger partial charge in [-0.25, -0.2) is 0 Å². The van der Waals surface area contributed by atoms with E-state index in [1.165, 1.54) is 33.3 Å². The predicted molar refractivity (Wildman–Crippen MR) is 219 cm³/mol. The average Bonchev–Trinajstić information content (AvgIpc) is 3.19. The third kappa shape index (κ3) is 17.0. The van der Waals surface area contributed by atoms with Gasteiger partial charge in [0.05, 0.1) is 37.1 Å². The number of hydrogen-bond donors (Lipinski definition) is 8. The van der Waals surface area contributed by atoms with Crippen LogP contribution >= 0.6 is 0 Å². The van der Waals surface area contributed by atoms with Crippen molar-refractivity contribution >= 4 is 53.9 Å². The SMILES string of the molecule is CCCCc1ccc(-c2ccc(C(=O)C[C@H](CO)C(=O)N[C@H](C)C(=O)CCC(=O)N[C@H](C(=O)C[C@@H](C)C(=O)N[C@@H](CC(N)=O)C(=O)C[C@@H](C)B(O)O)C(C)O)cc2)cc1. The van der Waals surface area contributed by atoms with Gasteiger partial charge in [-0.2, -0.15) is 0 Å². The summed E-state index contributed by atoms with van der Waals surface area (Å²) >= 11 is 0. The summed E-state index contributed by atoms with van der Waals surface area (Å²) in [6.07, 6.45) is -0.738. The predicted octanol–water partition coefficient (Wildman–Crippen LogP) is 1.37. The molecule has 9 N–H and O–H groups in total. The minimum absolute atomic E-state index is 0.312. The molecular weight excluding hydrogens is 763 g/mol. The van der Waals surface area contributed by atoms with Crippen molar-refractivity contribution in [2.45, 2.75) is 122 Å². The van der Waals surface area contributed by atoms with Crippen LogP contribution in [0, 0.1) is 11.8 Å². The largest absolute Gasteiger partial charge is 0.454 e. The number of benzene rings is 2. The highest BCUT2D eigenvalue weighted by Gasteiger charge is 2.32. The lowest BCUT2D eigenvalue weighted by Crippen LogP contribution is -2.50. The Bertz CT molecular complexity index is 1770. The maximum Gasteiger partial charge on any atom is 0.454 e. The zero-order valence-electron chi connectivity index (χ0n) is 34.4. The van der Waals surface area contributed by atoms with Crippen molar-refractivity contribution in [1.82, 2.24) is 16.0 Å². The molecule has 0 radical (unpaired) electrons. The highest BCUT2D eigenvalue weighted by Crippen LogP contribution is 2.22. The van der Waals surface area contributed by atoms with E-state index in [1.807, 2.05) is 24.3 Å². The van der Waals surface area contributed by atoms with Crippen molar-refractivity contribution < 1.29 is 58.6 Å². The second-order valence-electron chi connectivity index (χ2n) is 15.2. The van der Waals surface area contributed by atoms with Gasteiger partial charge in [-0.15, -0.1) is 0 Å². The van der Waals surface area contributed by atoms with Gasteiger partial charge < -0.3 is 41.9 Å². The number of Topliss-reactive ketones (excluding diaryl/α,β-unsaturated/α-hetero) is 4. The highest BCUT2D eigenvalue weighted by molar-refractivity contribution is 6.43. The Morgan fingerprint density at radius 3 is 1.83 bits per heavy atom. The quantitative estimate of drug-likeness (QED) is 0.0469. The molecule has 0 aliphatic rings. The zero-order valence-corrected chi connectivity index (χ0v) is 34.4. The summed E-state index contributed by atoms with van der Waals surface area (Å²) in [5.74, 6) is -8.73. The lowest BCUT2D eigenvalue weighted by Gasteiger charge is -2.23. The molecular formula is C42H59BN4O12. The van der Waals surface area contributed by atoms with Crippen LogP contribution in [0.1, 0.15) is 102 Å². The maximum atomic E-state index is 13.1. The molecule has 0 fully saturated rings. The number of carbonyl (C=O) groups is 8. The van der Waals surface area contributed by atoms with Crippen molar-refractivity contribution in [3.05, 3.63) is 59.7 Å². The summed E-state index contributed by atoms with van der Waals surface area (Å²) in [6, 6.07) is 11.2. The van der Waals surface area contributed by atoms with Gasteiger partial charge in [0.15, 0.2) is 23.1 Å². The number of ketones is 4. The molecule has 7 atom stereocenters. The van der Waals surface area contributed by atoms with Gasteiger partial charge in [0, 0.05) is 43.6 Å². The molecule has 0 spiro atoms. The first-order valence-electron chi connectivity index (χ1n) is 19.9. The third-order valence-corrected chi connectivity index (χ3v) is 10.0. The fourth-order valence-electron chi connectivity index (χ4n) is 6.10. The molecule has 59 heavy (non-hydrogen) atoms. The number of nitrogens with two attached hydrogens (primary N) is 1. The second-order valence-corrected chi connectivity index (χ2v) is 15.2. The average molecular weight is 823 g/mol. The van der Waals surface area contributed by atoms with Gasteiger partial charge >= 0.3 is 7.12 Å². The monoisotopic (exact) mass is 822 g/mol. The summed E-state index contributed by atoms with van der Waals surface area (Å²) in [5, 5.41) is 45.9.